The summed E-state index contributed by atoms with van der Waals surface area (Å²) in [6.45, 7) is 5.56. The van der Waals surface area contributed by atoms with Crippen LogP contribution in [0.1, 0.15) is 11.1 Å². The Morgan fingerprint density at radius 3 is 2.12 bits per heavy atom. The third-order valence-electron chi connectivity index (χ3n) is 4.01. The number of anilines is 1. The summed E-state index contributed by atoms with van der Waals surface area (Å²) >= 11 is 0. The lowest BCUT2D eigenvalue weighted by atomic mass is 10.1. The first-order chi connectivity index (χ1) is 12.2. The number of nitrogens with one attached hydrogen (secondary N) is 1. The molecule has 1 N–H and O–H groups in total. The second-order valence-electron chi connectivity index (χ2n) is 5.96. The molecule has 0 aliphatic rings. The van der Waals surface area contributed by atoms with Crippen LogP contribution in [-0.4, -0.2) is 13.2 Å². The molecule has 0 heterocycles. The summed E-state index contributed by atoms with van der Waals surface area (Å²) in [5, 5.41) is 3.35. The van der Waals surface area contributed by atoms with Crippen LogP contribution in [0.15, 0.2) is 72.8 Å². The molecule has 3 heteroatoms. The Morgan fingerprint density at radius 1 is 0.720 bits per heavy atom. The van der Waals surface area contributed by atoms with Gasteiger partial charge < -0.3 is 14.8 Å². The minimum atomic E-state index is 0.616. The fraction of sp³-hybridized carbons (Fsp3) is 0.182. The molecule has 3 nitrogen and oxygen atoms in total. The van der Waals surface area contributed by atoms with Crippen molar-refractivity contribution >= 4 is 5.69 Å². The predicted octanol–water partition coefficient (Wildman–Crippen LogP) is 5.59. The molecule has 0 aliphatic heterocycles. The highest BCUT2D eigenvalue weighted by Gasteiger charge is 1.99. The topological polar surface area (TPSA) is 30.5 Å². The Labute approximate surface area is 149 Å². The van der Waals surface area contributed by atoms with Gasteiger partial charge in [-0.1, -0.05) is 24.3 Å². The normalized spacial score (nSPS) is 10.3. The van der Waals surface area contributed by atoms with Gasteiger partial charge in [-0.3, -0.25) is 0 Å². The van der Waals surface area contributed by atoms with E-state index >= 15 is 0 Å². The molecule has 0 saturated carbocycles. The van der Waals surface area contributed by atoms with Crippen LogP contribution in [-0.2, 0) is 0 Å². The first kappa shape index (κ1) is 16.9. The number of benzene rings is 3. The fourth-order valence-electron chi connectivity index (χ4n) is 2.43. The lowest BCUT2D eigenvalue weighted by molar-refractivity contribution is 0.332. The maximum Gasteiger partial charge on any atom is 0.127 e. The average molecular weight is 333 g/mol. The summed E-state index contributed by atoms with van der Waals surface area (Å²) in [6, 6.07) is 23.9. The van der Waals surface area contributed by atoms with Crippen molar-refractivity contribution in [2.45, 2.75) is 13.8 Å². The van der Waals surface area contributed by atoms with Crippen LogP contribution in [0.3, 0.4) is 0 Å². The monoisotopic (exact) mass is 333 g/mol. The summed E-state index contributed by atoms with van der Waals surface area (Å²) in [5.74, 6) is 2.57. The van der Waals surface area contributed by atoms with Crippen LogP contribution < -0.4 is 14.8 Å². The van der Waals surface area contributed by atoms with E-state index in [0.29, 0.717) is 6.61 Å². The van der Waals surface area contributed by atoms with E-state index in [-0.39, 0.29) is 0 Å². The lowest BCUT2D eigenvalue weighted by Crippen LogP contribution is -2.11. The summed E-state index contributed by atoms with van der Waals surface area (Å²) < 4.78 is 11.6. The van der Waals surface area contributed by atoms with Gasteiger partial charge in [0.1, 0.15) is 23.9 Å². The van der Waals surface area contributed by atoms with Gasteiger partial charge in [-0.2, -0.15) is 0 Å². The summed E-state index contributed by atoms with van der Waals surface area (Å²) in [5.41, 5.74) is 3.58. The SMILES string of the molecule is Cc1ccc(OCCNc2ccc(Oc3ccccc3)cc2)cc1C. The Morgan fingerprint density at radius 2 is 1.40 bits per heavy atom. The van der Waals surface area contributed by atoms with Crippen molar-refractivity contribution in [3.8, 4) is 17.2 Å². The van der Waals surface area contributed by atoms with Gasteiger partial charge in [0.2, 0.25) is 0 Å². The predicted molar refractivity (Wildman–Crippen MR) is 103 cm³/mol. The van der Waals surface area contributed by atoms with E-state index in [1.54, 1.807) is 0 Å². The summed E-state index contributed by atoms with van der Waals surface area (Å²) in [7, 11) is 0. The molecule has 0 unspecified atom stereocenters. The molecule has 0 fully saturated rings. The molecule has 0 saturated heterocycles. The van der Waals surface area contributed by atoms with E-state index in [1.807, 2.05) is 60.7 Å². The third kappa shape index (κ3) is 5.01. The van der Waals surface area contributed by atoms with Crippen LogP contribution in [0, 0.1) is 13.8 Å². The van der Waals surface area contributed by atoms with Crippen LogP contribution >= 0.6 is 0 Å². The number of aryl methyl sites for hydroxylation is 2. The van der Waals surface area contributed by atoms with Crippen molar-refractivity contribution in [1.82, 2.24) is 0 Å². The molecule has 0 spiro atoms. The van der Waals surface area contributed by atoms with E-state index in [1.165, 1.54) is 11.1 Å². The Hall–Kier alpha value is -2.94. The zero-order valence-electron chi connectivity index (χ0n) is 14.7. The maximum absolute atomic E-state index is 5.79. The van der Waals surface area contributed by atoms with Gasteiger partial charge in [-0.25, -0.2) is 0 Å². The number of para-hydroxylation sites is 1. The van der Waals surface area contributed by atoms with Crippen LogP contribution in [0.2, 0.25) is 0 Å². The number of hydrogen-bond donors (Lipinski definition) is 1. The molecule has 25 heavy (non-hydrogen) atoms. The van der Waals surface area contributed by atoms with Crippen molar-refractivity contribution < 1.29 is 9.47 Å². The zero-order valence-corrected chi connectivity index (χ0v) is 14.7. The van der Waals surface area contributed by atoms with Crippen molar-refractivity contribution in [2.24, 2.45) is 0 Å². The summed E-state index contributed by atoms with van der Waals surface area (Å²) in [6.07, 6.45) is 0. The highest BCUT2D eigenvalue weighted by Crippen LogP contribution is 2.22. The first-order valence-corrected chi connectivity index (χ1v) is 8.47. The quantitative estimate of drug-likeness (QED) is 0.572. The molecule has 128 valence electrons. The largest absolute Gasteiger partial charge is 0.492 e. The Kier molecular flexibility index (Phi) is 5.57. The van der Waals surface area contributed by atoms with E-state index in [2.05, 4.69) is 31.3 Å². The van der Waals surface area contributed by atoms with Gasteiger partial charge in [0.15, 0.2) is 0 Å². The molecule has 3 aromatic carbocycles. The first-order valence-electron chi connectivity index (χ1n) is 8.47. The minimum Gasteiger partial charge on any atom is -0.492 e. The van der Waals surface area contributed by atoms with E-state index in [9.17, 15) is 0 Å². The molecule has 0 radical (unpaired) electrons. The zero-order chi connectivity index (χ0) is 17.5. The van der Waals surface area contributed by atoms with Crippen LogP contribution in [0.4, 0.5) is 5.69 Å². The third-order valence-corrected chi connectivity index (χ3v) is 4.01. The van der Waals surface area contributed by atoms with Crippen molar-refractivity contribution in [1.29, 1.82) is 0 Å². The van der Waals surface area contributed by atoms with Crippen LogP contribution in [0.5, 0.6) is 17.2 Å². The molecule has 3 aromatic rings. The van der Waals surface area contributed by atoms with E-state index in [4.69, 9.17) is 9.47 Å². The van der Waals surface area contributed by atoms with Gasteiger partial charge >= 0.3 is 0 Å². The second-order valence-corrected chi connectivity index (χ2v) is 5.96. The van der Waals surface area contributed by atoms with Crippen molar-refractivity contribution in [3.05, 3.63) is 83.9 Å². The number of ether oxygens (including phenoxy) is 2. The molecule has 0 aliphatic carbocycles. The standard InChI is InChI=1S/C22H23NO2/c1-17-8-11-22(16-18(17)2)24-15-14-23-19-9-12-21(13-10-19)25-20-6-4-3-5-7-20/h3-13,16,23H,14-15H2,1-2H3. The Balaban J connectivity index is 1.44. The smallest absolute Gasteiger partial charge is 0.127 e. The second kappa shape index (κ2) is 8.25. The van der Waals surface area contributed by atoms with Gasteiger partial charge in [-0.05, 0) is 73.5 Å². The van der Waals surface area contributed by atoms with E-state index < -0.39 is 0 Å². The highest BCUT2D eigenvalue weighted by atomic mass is 16.5. The number of rotatable bonds is 7. The van der Waals surface area contributed by atoms with Gasteiger partial charge in [0.05, 0.1) is 0 Å². The lowest BCUT2D eigenvalue weighted by Gasteiger charge is -2.11. The summed E-state index contributed by atoms with van der Waals surface area (Å²) in [4.78, 5) is 0. The molecule has 0 atom stereocenters. The van der Waals surface area contributed by atoms with Crippen LogP contribution in [0.25, 0.3) is 0 Å². The minimum absolute atomic E-state index is 0.616. The van der Waals surface area contributed by atoms with Gasteiger partial charge in [0, 0.05) is 12.2 Å². The van der Waals surface area contributed by atoms with E-state index in [0.717, 1.165) is 29.5 Å². The maximum atomic E-state index is 5.79. The number of hydrogen-bond acceptors (Lipinski definition) is 3. The Bertz CT molecular complexity index is 798. The highest BCUT2D eigenvalue weighted by molar-refractivity contribution is 5.47. The van der Waals surface area contributed by atoms with Gasteiger partial charge in [0.25, 0.3) is 0 Å². The van der Waals surface area contributed by atoms with Crippen molar-refractivity contribution in [2.75, 3.05) is 18.5 Å². The average Bonchev–Trinajstić information content (AvgIpc) is 2.64. The molecule has 0 bridgehead atoms. The molecule has 3 rings (SSSR count). The van der Waals surface area contributed by atoms with Gasteiger partial charge in [-0.15, -0.1) is 0 Å². The molecule has 0 amide bonds. The van der Waals surface area contributed by atoms with Crippen molar-refractivity contribution in [3.63, 3.8) is 0 Å². The molecule has 0 aromatic heterocycles. The molecular formula is C22H23NO2. The fourth-order valence-corrected chi connectivity index (χ4v) is 2.43. The molecular weight excluding hydrogens is 310 g/mol.